The number of ether oxygens (including phenoxy) is 1. The van der Waals surface area contributed by atoms with Gasteiger partial charge in [-0.25, -0.2) is 0 Å². The number of hydrogen-bond acceptors (Lipinski definition) is 4. The normalized spacial score (nSPS) is 30.8. The van der Waals surface area contributed by atoms with E-state index in [0.717, 1.165) is 32.6 Å². The van der Waals surface area contributed by atoms with Crippen LogP contribution in [-0.4, -0.2) is 72.9 Å². The number of carbonyl (C=O) groups is 1. The molecule has 17 heavy (non-hydrogen) atoms. The zero-order valence-electron chi connectivity index (χ0n) is 10.5. The largest absolute Gasteiger partial charge is 0.395 e. The second-order valence-corrected chi connectivity index (χ2v) is 4.86. The second-order valence-electron chi connectivity index (χ2n) is 4.86. The zero-order chi connectivity index (χ0) is 12.3. The van der Waals surface area contributed by atoms with Crippen LogP contribution < -0.4 is 0 Å². The van der Waals surface area contributed by atoms with Crippen LogP contribution in [0.1, 0.15) is 13.3 Å². The molecule has 2 saturated heterocycles. The summed E-state index contributed by atoms with van der Waals surface area (Å²) in [7, 11) is 0. The van der Waals surface area contributed by atoms with E-state index in [0.29, 0.717) is 13.2 Å². The van der Waals surface area contributed by atoms with E-state index in [4.69, 9.17) is 9.84 Å². The third-order valence-electron chi connectivity index (χ3n) is 3.79. The van der Waals surface area contributed by atoms with Crippen molar-refractivity contribution in [3.05, 3.63) is 0 Å². The highest BCUT2D eigenvalue weighted by Gasteiger charge is 2.34. The third kappa shape index (κ3) is 2.97. The molecule has 5 heteroatoms. The molecule has 0 aromatic carbocycles. The summed E-state index contributed by atoms with van der Waals surface area (Å²) in [4.78, 5) is 16.4. The van der Waals surface area contributed by atoms with Crippen molar-refractivity contribution in [2.45, 2.75) is 19.4 Å². The summed E-state index contributed by atoms with van der Waals surface area (Å²) in [6.45, 7) is 6.90. The van der Waals surface area contributed by atoms with E-state index >= 15 is 0 Å². The SMILES string of the molecule is CC1OCCC1C(=O)N1CCN(CCO)CC1. The molecule has 2 aliphatic heterocycles. The van der Waals surface area contributed by atoms with Gasteiger partial charge in [0, 0.05) is 39.3 Å². The average molecular weight is 242 g/mol. The van der Waals surface area contributed by atoms with Gasteiger partial charge in [0.1, 0.15) is 0 Å². The average Bonchev–Trinajstić information content (AvgIpc) is 2.76. The number of amides is 1. The van der Waals surface area contributed by atoms with Crippen molar-refractivity contribution < 1.29 is 14.6 Å². The molecule has 0 spiro atoms. The Morgan fingerprint density at radius 3 is 2.59 bits per heavy atom. The van der Waals surface area contributed by atoms with Crippen molar-refractivity contribution in [2.75, 3.05) is 45.9 Å². The molecule has 0 aliphatic carbocycles. The lowest BCUT2D eigenvalue weighted by molar-refractivity contribution is -0.138. The number of aliphatic hydroxyl groups excluding tert-OH is 1. The number of carbonyl (C=O) groups excluding carboxylic acids is 1. The van der Waals surface area contributed by atoms with Gasteiger partial charge in [-0.05, 0) is 13.3 Å². The quantitative estimate of drug-likeness (QED) is 0.728. The summed E-state index contributed by atoms with van der Waals surface area (Å²) in [5.74, 6) is 0.304. The highest BCUT2D eigenvalue weighted by Crippen LogP contribution is 2.23. The molecule has 5 nitrogen and oxygen atoms in total. The molecule has 0 aromatic rings. The maximum atomic E-state index is 12.3. The summed E-state index contributed by atoms with van der Waals surface area (Å²) >= 11 is 0. The van der Waals surface area contributed by atoms with Crippen molar-refractivity contribution in [1.82, 2.24) is 9.80 Å². The lowest BCUT2D eigenvalue weighted by Gasteiger charge is -2.36. The van der Waals surface area contributed by atoms with Crippen LogP contribution in [0, 0.1) is 5.92 Å². The summed E-state index contributed by atoms with van der Waals surface area (Å²) in [6.07, 6.45) is 0.926. The second kappa shape index (κ2) is 5.80. The molecule has 2 aliphatic rings. The number of piperazine rings is 1. The maximum Gasteiger partial charge on any atom is 0.228 e. The molecule has 0 aromatic heterocycles. The van der Waals surface area contributed by atoms with Gasteiger partial charge in [-0.15, -0.1) is 0 Å². The third-order valence-corrected chi connectivity index (χ3v) is 3.79. The molecule has 0 saturated carbocycles. The Bertz CT molecular complexity index is 264. The van der Waals surface area contributed by atoms with Crippen LogP contribution in [0.15, 0.2) is 0 Å². The highest BCUT2D eigenvalue weighted by molar-refractivity contribution is 5.79. The topological polar surface area (TPSA) is 53.0 Å². The Hall–Kier alpha value is -0.650. The number of nitrogens with zero attached hydrogens (tertiary/aromatic N) is 2. The maximum absolute atomic E-state index is 12.3. The summed E-state index contributed by atoms with van der Waals surface area (Å²) < 4.78 is 5.45. The van der Waals surface area contributed by atoms with Crippen LogP contribution in [0.2, 0.25) is 0 Å². The minimum absolute atomic E-state index is 0.0550. The number of aliphatic hydroxyl groups is 1. The molecule has 2 heterocycles. The van der Waals surface area contributed by atoms with Gasteiger partial charge in [-0.2, -0.15) is 0 Å². The zero-order valence-corrected chi connectivity index (χ0v) is 10.5. The van der Waals surface area contributed by atoms with Crippen LogP contribution in [0.5, 0.6) is 0 Å². The minimum atomic E-state index is 0.0550. The monoisotopic (exact) mass is 242 g/mol. The molecule has 1 N–H and O–H groups in total. The number of hydrogen-bond donors (Lipinski definition) is 1. The summed E-state index contributed by atoms with van der Waals surface area (Å²) in [6, 6.07) is 0. The van der Waals surface area contributed by atoms with E-state index in [1.807, 2.05) is 11.8 Å². The van der Waals surface area contributed by atoms with E-state index in [2.05, 4.69) is 4.90 Å². The molecule has 0 bridgehead atoms. The van der Waals surface area contributed by atoms with Crippen molar-refractivity contribution in [3.63, 3.8) is 0 Å². The van der Waals surface area contributed by atoms with Crippen molar-refractivity contribution in [2.24, 2.45) is 5.92 Å². The first kappa shape index (κ1) is 12.8. The number of rotatable bonds is 3. The van der Waals surface area contributed by atoms with E-state index in [1.165, 1.54) is 0 Å². The molecule has 2 unspecified atom stereocenters. The lowest BCUT2D eigenvalue weighted by atomic mass is 10.0. The predicted octanol–water partition coefficient (Wildman–Crippen LogP) is -0.452. The lowest BCUT2D eigenvalue weighted by Crippen LogP contribution is -2.51. The Balaban J connectivity index is 1.82. The van der Waals surface area contributed by atoms with Crippen molar-refractivity contribution in [3.8, 4) is 0 Å². The fourth-order valence-electron chi connectivity index (χ4n) is 2.62. The van der Waals surface area contributed by atoms with Gasteiger partial charge in [-0.3, -0.25) is 9.69 Å². The van der Waals surface area contributed by atoms with E-state index in [-0.39, 0.29) is 24.5 Å². The first-order valence-corrected chi connectivity index (χ1v) is 6.46. The van der Waals surface area contributed by atoms with Crippen molar-refractivity contribution in [1.29, 1.82) is 0 Å². The molecule has 2 rings (SSSR count). The fraction of sp³-hybridized carbons (Fsp3) is 0.917. The molecule has 2 fully saturated rings. The summed E-state index contributed by atoms with van der Waals surface area (Å²) in [5, 5.41) is 8.86. The standard InChI is InChI=1S/C12H22N2O3/c1-10-11(2-9-17-10)12(16)14-5-3-13(4-6-14)7-8-15/h10-11,15H,2-9H2,1H3. The van der Waals surface area contributed by atoms with Gasteiger partial charge >= 0.3 is 0 Å². The van der Waals surface area contributed by atoms with E-state index < -0.39 is 0 Å². The van der Waals surface area contributed by atoms with Gasteiger partial charge in [-0.1, -0.05) is 0 Å². The summed E-state index contributed by atoms with van der Waals surface area (Å²) in [5.41, 5.74) is 0. The Labute approximate surface area is 102 Å². The highest BCUT2D eigenvalue weighted by atomic mass is 16.5. The minimum Gasteiger partial charge on any atom is -0.395 e. The first-order valence-electron chi connectivity index (χ1n) is 6.46. The van der Waals surface area contributed by atoms with Crippen LogP contribution in [0.4, 0.5) is 0 Å². The Morgan fingerprint density at radius 1 is 1.35 bits per heavy atom. The Kier molecular flexibility index (Phi) is 4.36. The Morgan fingerprint density at radius 2 is 2.06 bits per heavy atom. The molecular formula is C12H22N2O3. The van der Waals surface area contributed by atoms with Gasteiger partial charge in [0.25, 0.3) is 0 Å². The van der Waals surface area contributed by atoms with Gasteiger partial charge < -0.3 is 14.7 Å². The van der Waals surface area contributed by atoms with Crippen molar-refractivity contribution >= 4 is 5.91 Å². The van der Waals surface area contributed by atoms with E-state index in [9.17, 15) is 4.79 Å². The molecule has 0 radical (unpaired) electrons. The van der Waals surface area contributed by atoms with Gasteiger partial charge in [0.15, 0.2) is 0 Å². The van der Waals surface area contributed by atoms with E-state index in [1.54, 1.807) is 0 Å². The van der Waals surface area contributed by atoms with Gasteiger partial charge in [0.2, 0.25) is 5.91 Å². The first-order chi connectivity index (χ1) is 8.22. The van der Waals surface area contributed by atoms with Gasteiger partial charge in [0.05, 0.1) is 18.6 Å². The smallest absolute Gasteiger partial charge is 0.228 e. The molecule has 98 valence electrons. The van der Waals surface area contributed by atoms with Crippen LogP contribution in [-0.2, 0) is 9.53 Å². The van der Waals surface area contributed by atoms with Crippen LogP contribution >= 0.6 is 0 Å². The molecule has 2 atom stereocenters. The number of β-amino-alcohol motifs (C(OH)–C–C–N with tert-alkyl or cyclic N) is 1. The van der Waals surface area contributed by atoms with Crippen LogP contribution in [0.3, 0.4) is 0 Å². The molecular weight excluding hydrogens is 220 g/mol. The molecule has 1 amide bonds. The fourth-order valence-corrected chi connectivity index (χ4v) is 2.62. The predicted molar refractivity (Wildman–Crippen MR) is 63.6 cm³/mol. The van der Waals surface area contributed by atoms with Crippen LogP contribution in [0.25, 0.3) is 0 Å².